The molecule has 1 aliphatic rings. The van der Waals surface area contributed by atoms with E-state index < -0.39 is 6.10 Å². The molecule has 0 aromatic heterocycles. The van der Waals surface area contributed by atoms with Gasteiger partial charge in [-0.2, -0.15) is 0 Å². The van der Waals surface area contributed by atoms with Crippen molar-refractivity contribution in [2.24, 2.45) is 0 Å². The quantitative estimate of drug-likeness (QED) is 0.896. The molecule has 1 fully saturated rings. The molecule has 1 atom stereocenters. The monoisotopic (exact) mass is 261 g/mol. The Balaban J connectivity index is 2.13. The number of piperidine rings is 1. The Bertz CT molecular complexity index is 390. The van der Waals surface area contributed by atoms with E-state index in [0.29, 0.717) is 0 Å². The molecule has 2 nitrogen and oxygen atoms in total. The lowest BCUT2D eigenvalue weighted by Crippen LogP contribution is -2.50. The summed E-state index contributed by atoms with van der Waals surface area (Å²) in [5.41, 5.74) is 2.17. The summed E-state index contributed by atoms with van der Waals surface area (Å²) >= 11 is 0. The maximum absolute atomic E-state index is 10.7. The van der Waals surface area contributed by atoms with Crippen LogP contribution in [-0.2, 0) is 6.42 Å². The van der Waals surface area contributed by atoms with Crippen LogP contribution < -0.4 is 0 Å². The Labute approximate surface area is 117 Å². The summed E-state index contributed by atoms with van der Waals surface area (Å²) in [4.78, 5) is 2.44. The number of aryl methyl sites for hydroxylation is 1. The van der Waals surface area contributed by atoms with Crippen molar-refractivity contribution in [3.63, 3.8) is 0 Å². The van der Waals surface area contributed by atoms with Gasteiger partial charge in [-0.15, -0.1) is 0 Å². The van der Waals surface area contributed by atoms with Crippen LogP contribution in [0.15, 0.2) is 24.3 Å². The van der Waals surface area contributed by atoms with Crippen molar-refractivity contribution in [1.29, 1.82) is 0 Å². The van der Waals surface area contributed by atoms with E-state index in [1.54, 1.807) is 0 Å². The van der Waals surface area contributed by atoms with Gasteiger partial charge in [0.05, 0.1) is 6.10 Å². The molecule has 0 amide bonds. The van der Waals surface area contributed by atoms with Crippen molar-refractivity contribution in [3.05, 3.63) is 35.4 Å². The summed E-state index contributed by atoms with van der Waals surface area (Å²) in [6.45, 7) is 8.70. The fourth-order valence-corrected chi connectivity index (χ4v) is 2.99. The van der Waals surface area contributed by atoms with Crippen molar-refractivity contribution in [1.82, 2.24) is 4.90 Å². The van der Waals surface area contributed by atoms with Crippen LogP contribution in [0.25, 0.3) is 0 Å². The van der Waals surface area contributed by atoms with Crippen LogP contribution >= 0.6 is 0 Å². The number of rotatable bonds is 4. The van der Waals surface area contributed by atoms with E-state index in [4.69, 9.17) is 0 Å². The number of aliphatic hydroxyl groups excluding tert-OH is 1. The molecular formula is C17H27NO. The zero-order valence-electron chi connectivity index (χ0n) is 12.5. The van der Waals surface area contributed by atoms with Gasteiger partial charge in [0.15, 0.2) is 0 Å². The molecule has 1 aromatic carbocycles. The van der Waals surface area contributed by atoms with Gasteiger partial charge in [0.1, 0.15) is 0 Å². The Morgan fingerprint density at radius 1 is 1.11 bits per heavy atom. The third-order valence-corrected chi connectivity index (χ3v) is 4.54. The van der Waals surface area contributed by atoms with Gasteiger partial charge >= 0.3 is 0 Å². The first-order valence-corrected chi connectivity index (χ1v) is 7.57. The number of hydrogen-bond acceptors (Lipinski definition) is 2. The van der Waals surface area contributed by atoms with Crippen molar-refractivity contribution < 1.29 is 5.11 Å². The highest BCUT2D eigenvalue weighted by molar-refractivity contribution is 5.26. The molecule has 1 aliphatic heterocycles. The van der Waals surface area contributed by atoms with E-state index in [2.05, 4.69) is 49.9 Å². The van der Waals surface area contributed by atoms with Gasteiger partial charge in [0.2, 0.25) is 0 Å². The minimum atomic E-state index is -0.420. The van der Waals surface area contributed by atoms with Crippen molar-refractivity contribution in [2.75, 3.05) is 13.1 Å². The number of hydrogen-bond donors (Lipinski definition) is 1. The molecule has 0 radical (unpaired) electrons. The van der Waals surface area contributed by atoms with Gasteiger partial charge < -0.3 is 5.11 Å². The van der Waals surface area contributed by atoms with Crippen LogP contribution in [-0.4, -0.2) is 28.6 Å². The Kier molecular flexibility index (Phi) is 4.64. The third-order valence-electron chi connectivity index (χ3n) is 4.54. The lowest BCUT2D eigenvalue weighted by molar-refractivity contribution is -0.0208. The molecule has 1 heterocycles. The Hall–Kier alpha value is -0.860. The topological polar surface area (TPSA) is 23.5 Å². The lowest BCUT2D eigenvalue weighted by Gasteiger charge is -2.44. The number of benzene rings is 1. The summed E-state index contributed by atoms with van der Waals surface area (Å²) in [5.74, 6) is 0. The van der Waals surface area contributed by atoms with Gasteiger partial charge in [0, 0.05) is 5.54 Å². The maximum Gasteiger partial charge on any atom is 0.0968 e. The molecule has 0 bridgehead atoms. The molecule has 2 rings (SSSR count). The molecule has 1 unspecified atom stereocenters. The Morgan fingerprint density at radius 3 is 2.21 bits per heavy atom. The predicted molar refractivity (Wildman–Crippen MR) is 80.3 cm³/mol. The molecule has 0 spiro atoms. The van der Waals surface area contributed by atoms with Crippen LogP contribution in [0.4, 0.5) is 0 Å². The summed E-state index contributed by atoms with van der Waals surface area (Å²) in [5, 5.41) is 10.7. The van der Waals surface area contributed by atoms with Gasteiger partial charge in [-0.05, 0) is 57.3 Å². The van der Waals surface area contributed by atoms with Gasteiger partial charge in [-0.1, -0.05) is 37.6 Å². The highest BCUT2D eigenvalue weighted by Crippen LogP contribution is 2.33. The highest BCUT2D eigenvalue weighted by atomic mass is 16.3. The first-order valence-electron chi connectivity index (χ1n) is 7.57. The molecule has 1 N–H and O–H groups in total. The van der Waals surface area contributed by atoms with E-state index in [0.717, 1.165) is 25.1 Å². The number of nitrogens with zero attached hydrogens (tertiary/aromatic N) is 1. The van der Waals surface area contributed by atoms with Gasteiger partial charge in [-0.25, -0.2) is 0 Å². The maximum atomic E-state index is 10.7. The molecule has 1 aromatic rings. The summed E-state index contributed by atoms with van der Waals surface area (Å²) < 4.78 is 0. The standard InChI is InChI=1S/C17H27NO/c1-4-14-8-10-15(11-9-14)16(19)17(2,3)18-12-6-5-7-13-18/h8-11,16,19H,4-7,12-13H2,1-3H3. The smallest absolute Gasteiger partial charge is 0.0968 e. The minimum Gasteiger partial charge on any atom is -0.386 e. The molecular weight excluding hydrogens is 234 g/mol. The summed E-state index contributed by atoms with van der Waals surface area (Å²) in [6, 6.07) is 8.42. The van der Waals surface area contributed by atoms with Gasteiger partial charge in [-0.3, -0.25) is 4.90 Å². The average Bonchev–Trinajstić information content (AvgIpc) is 2.47. The third kappa shape index (κ3) is 3.18. The first kappa shape index (κ1) is 14.5. The van der Waals surface area contributed by atoms with Gasteiger partial charge in [0.25, 0.3) is 0 Å². The fraction of sp³-hybridized carbons (Fsp3) is 0.647. The van der Waals surface area contributed by atoms with E-state index in [1.807, 2.05) is 0 Å². The number of likely N-dealkylation sites (tertiary alicyclic amines) is 1. The highest BCUT2D eigenvalue weighted by Gasteiger charge is 2.35. The van der Waals surface area contributed by atoms with Crippen LogP contribution in [0, 0.1) is 0 Å². The minimum absolute atomic E-state index is 0.186. The molecule has 0 saturated carbocycles. The summed E-state index contributed by atoms with van der Waals surface area (Å²) in [6.07, 6.45) is 4.46. The first-order chi connectivity index (χ1) is 9.05. The van der Waals surface area contributed by atoms with E-state index in [1.165, 1.54) is 24.8 Å². The van der Waals surface area contributed by atoms with Crippen molar-refractivity contribution in [2.45, 2.75) is 58.1 Å². The van der Waals surface area contributed by atoms with Crippen LogP contribution in [0.3, 0.4) is 0 Å². The second-order valence-corrected chi connectivity index (χ2v) is 6.20. The molecule has 106 valence electrons. The Morgan fingerprint density at radius 2 is 1.68 bits per heavy atom. The summed E-state index contributed by atoms with van der Waals surface area (Å²) in [7, 11) is 0. The molecule has 2 heteroatoms. The normalized spacial score (nSPS) is 19.4. The average molecular weight is 261 g/mol. The zero-order chi connectivity index (χ0) is 13.9. The van der Waals surface area contributed by atoms with Crippen LogP contribution in [0.5, 0.6) is 0 Å². The number of aliphatic hydroxyl groups is 1. The van der Waals surface area contributed by atoms with E-state index in [-0.39, 0.29) is 5.54 Å². The van der Waals surface area contributed by atoms with Crippen molar-refractivity contribution >= 4 is 0 Å². The van der Waals surface area contributed by atoms with E-state index >= 15 is 0 Å². The predicted octanol–water partition coefficient (Wildman–Crippen LogP) is 3.55. The largest absolute Gasteiger partial charge is 0.386 e. The second-order valence-electron chi connectivity index (χ2n) is 6.20. The molecule has 19 heavy (non-hydrogen) atoms. The molecule has 1 saturated heterocycles. The van der Waals surface area contributed by atoms with E-state index in [9.17, 15) is 5.11 Å². The zero-order valence-corrected chi connectivity index (χ0v) is 12.5. The lowest BCUT2D eigenvalue weighted by atomic mass is 9.87. The SMILES string of the molecule is CCc1ccc(C(O)C(C)(C)N2CCCCC2)cc1. The molecule has 0 aliphatic carbocycles. The second kappa shape index (κ2) is 6.06. The fourth-order valence-electron chi connectivity index (χ4n) is 2.99. The van der Waals surface area contributed by atoms with Crippen LogP contribution in [0.2, 0.25) is 0 Å². The van der Waals surface area contributed by atoms with Crippen LogP contribution in [0.1, 0.15) is 57.3 Å². The van der Waals surface area contributed by atoms with Crippen molar-refractivity contribution in [3.8, 4) is 0 Å².